The number of anilines is 2. The van der Waals surface area contributed by atoms with Gasteiger partial charge in [0, 0.05) is 18.4 Å². The number of aliphatic hydroxyl groups excluding tert-OH is 1. The Bertz CT molecular complexity index is 582. The number of nitrogens with one attached hydrogen (secondary N) is 2. The number of aromatic nitrogens is 1. The third-order valence-electron chi connectivity index (χ3n) is 2.83. The van der Waals surface area contributed by atoms with E-state index in [0.29, 0.717) is 16.9 Å². The molecule has 0 saturated carbocycles. The second-order valence-corrected chi connectivity index (χ2v) is 4.26. The molecule has 0 atom stereocenters. The lowest BCUT2D eigenvalue weighted by Crippen LogP contribution is -2.15. The summed E-state index contributed by atoms with van der Waals surface area (Å²) in [4.78, 5) is 16.2. The highest BCUT2D eigenvalue weighted by molar-refractivity contribution is 6.07. The van der Waals surface area contributed by atoms with Crippen LogP contribution >= 0.6 is 0 Å². The van der Waals surface area contributed by atoms with Crippen molar-refractivity contribution in [3.63, 3.8) is 0 Å². The number of aliphatic hydroxyl groups is 1. The molecule has 1 amide bonds. The van der Waals surface area contributed by atoms with Gasteiger partial charge in [0.05, 0.1) is 24.1 Å². The monoisotopic (exact) mass is 271 g/mol. The number of hydrogen-bond donors (Lipinski definition) is 3. The average Bonchev–Trinajstić information content (AvgIpc) is 2.49. The van der Waals surface area contributed by atoms with Crippen LogP contribution in [0.2, 0.25) is 0 Å². The lowest BCUT2D eigenvalue weighted by Gasteiger charge is -2.10. The van der Waals surface area contributed by atoms with Crippen molar-refractivity contribution in [3.8, 4) is 0 Å². The number of nitrogens with zero attached hydrogens (tertiary/aromatic N) is 1. The van der Waals surface area contributed by atoms with Crippen molar-refractivity contribution in [1.29, 1.82) is 0 Å². The van der Waals surface area contributed by atoms with Gasteiger partial charge in [0.2, 0.25) is 0 Å². The van der Waals surface area contributed by atoms with E-state index in [1.165, 1.54) is 0 Å². The van der Waals surface area contributed by atoms with Crippen LogP contribution in [0.15, 0.2) is 42.7 Å². The summed E-state index contributed by atoms with van der Waals surface area (Å²) in [5, 5.41) is 14.9. The van der Waals surface area contributed by atoms with Gasteiger partial charge in [-0.25, -0.2) is 0 Å². The molecule has 1 aromatic carbocycles. The molecule has 0 spiro atoms. The molecule has 0 saturated heterocycles. The molecular weight excluding hydrogens is 254 g/mol. The van der Waals surface area contributed by atoms with Crippen molar-refractivity contribution in [3.05, 3.63) is 53.9 Å². The highest BCUT2D eigenvalue weighted by Crippen LogP contribution is 2.16. The molecule has 104 valence electrons. The number of pyridine rings is 1. The molecule has 5 heteroatoms. The van der Waals surface area contributed by atoms with Crippen LogP contribution in [0, 0.1) is 0 Å². The number of carbonyl (C=O) groups excluding carboxylic acids is 1. The molecule has 1 heterocycles. The second-order valence-electron chi connectivity index (χ2n) is 4.26. The van der Waals surface area contributed by atoms with Crippen molar-refractivity contribution >= 4 is 17.3 Å². The maximum atomic E-state index is 12.2. The van der Waals surface area contributed by atoms with E-state index in [0.717, 1.165) is 12.1 Å². The standard InChI is InChI=1S/C15H17N3O2/c1-2-17-14-9-16-8-7-13(14)15(20)18-12-5-3-11(10-19)4-6-12/h3-9,17,19H,2,10H2,1H3,(H,18,20). The Balaban J connectivity index is 2.15. The summed E-state index contributed by atoms with van der Waals surface area (Å²) in [5.74, 6) is -0.194. The predicted octanol–water partition coefficient (Wildman–Crippen LogP) is 2.26. The number of amides is 1. The summed E-state index contributed by atoms with van der Waals surface area (Å²) < 4.78 is 0. The fourth-order valence-corrected chi connectivity index (χ4v) is 1.82. The van der Waals surface area contributed by atoms with E-state index in [9.17, 15) is 4.79 Å². The largest absolute Gasteiger partial charge is 0.392 e. The fraction of sp³-hybridized carbons (Fsp3) is 0.200. The van der Waals surface area contributed by atoms with E-state index in [4.69, 9.17) is 5.11 Å². The summed E-state index contributed by atoms with van der Waals surface area (Å²) in [5.41, 5.74) is 2.75. The van der Waals surface area contributed by atoms with Crippen molar-refractivity contribution in [2.75, 3.05) is 17.2 Å². The molecule has 0 aliphatic rings. The molecule has 1 aromatic heterocycles. The number of hydrogen-bond acceptors (Lipinski definition) is 4. The van der Waals surface area contributed by atoms with Gasteiger partial charge in [-0.3, -0.25) is 9.78 Å². The zero-order chi connectivity index (χ0) is 14.4. The zero-order valence-corrected chi connectivity index (χ0v) is 11.3. The third-order valence-corrected chi connectivity index (χ3v) is 2.83. The van der Waals surface area contributed by atoms with Gasteiger partial charge in [0.25, 0.3) is 5.91 Å². The van der Waals surface area contributed by atoms with Gasteiger partial charge in [0.15, 0.2) is 0 Å². The quantitative estimate of drug-likeness (QED) is 0.779. The minimum absolute atomic E-state index is 0.0108. The fourth-order valence-electron chi connectivity index (χ4n) is 1.82. The summed E-state index contributed by atoms with van der Waals surface area (Å²) >= 11 is 0. The Morgan fingerprint density at radius 3 is 2.65 bits per heavy atom. The molecule has 0 radical (unpaired) electrons. The molecule has 20 heavy (non-hydrogen) atoms. The van der Waals surface area contributed by atoms with Crippen LogP contribution in [0.1, 0.15) is 22.8 Å². The van der Waals surface area contributed by atoms with E-state index >= 15 is 0 Å². The Kier molecular flexibility index (Phi) is 4.68. The highest BCUT2D eigenvalue weighted by Gasteiger charge is 2.11. The third kappa shape index (κ3) is 3.33. The molecule has 2 aromatic rings. The molecule has 2 rings (SSSR count). The van der Waals surface area contributed by atoms with E-state index < -0.39 is 0 Å². The molecule has 0 aliphatic heterocycles. The van der Waals surface area contributed by atoms with Crippen LogP contribution in [-0.4, -0.2) is 22.5 Å². The first-order chi connectivity index (χ1) is 9.74. The first-order valence-corrected chi connectivity index (χ1v) is 6.43. The number of carbonyl (C=O) groups is 1. The lowest BCUT2D eigenvalue weighted by molar-refractivity contribution is 0.102. The Morgan fingerprint density at radius 2 is 2.00 bits per heavy atom. The Labute approximate surface area is 117 Å². The van der Waals surface area contributed by atoms with E-state index in [1.54, 1.807) is 42.7 Å². The summed E-state index contributed by atoms with van der Waals surface area (Å²) in [6.07, 6.45) is 3.22. The summed E-state index contributed by atoms with van der Waals surface area (Å²) in [7, 11) is 0. The van der Waals surface area contributed by atoms with Crippen LogP contribution in [0.4, 0.5) is 11.4 Å². The van der Waals surface area contributed by atoms with Gasteiger partial charge in [-0.2, -0.15) is 0 Å². The minimum Gasteiger partial charge on any atom is -0.392 e. The molecular formula is C15H17N3O2. The molecule has 0 aliphatic carbocycles. The first-order valence-electron chi connectivity index (χ1n) is 6.43. The zero-order valence-electron chi connectivity index (χ0n) is 11.3. The second kappa shape index (κ2) is 6.68. The minimum atomic E-state index is -0.194. The van der Waals surface area contributed by atoms with Crippen molar-refractivity contribution < 1.29 is 9.90 Å². The van der Waals surface area contributed by atoms with E-state index in [2.05, 4.69) is 15.6 Å². The molecule has 3 N–H and O–H groups in total. The van der Waals surface area contributed by atoms with E-state index in [1.807, 2.05) is 6.92 Å². The normalized spacial score (nSPS) is 10.1. The van der Waals surface area contributed by atoms with Gasteiger partial charge in [-0.15, -0.1) is 0 Å². The molecule has 0 bridgehead atoms. The summed E-state index contributed by atoms with van der Waals surface area (Å²) in [6.45, 7) is 2.67. The number of rotatable bonds is 5. The van der Waals surface area contributed by atoms with E-state index in [-0.39, 0.29) is 12.5 Å². The van der Waals surface area contributed by atoms with Crippen molar-refractivity contribution in [1.82, 2.24) is 4.98 Å². The van der Waals surface area contributed by atoms with Crippen LogP contribution in [0.5, 0.6) is 0 Å². The van der Waals surface area contributed by atoms with Crippen LogP contribution in [0.25, 0.3) is 0 Å². The topological polar surface area (TPSA) is 74.2 Å². The van der Waals surface area contributed by atoms with Crippen LogP contribution in [0.3, 0.4) is 0 Å². The maximum absolute atomic E-state index is 12.2. The van der Waals surface area contributed by atoms with Gasteiger partial charge >= 0.3 is 0 Å². The smallest absolute Gasteiger partial charge is 0.257 e. The Morgan fingerprint density at radius 1 is 1.25 bits per heavy atom. The molecule has 5 nitrogen and oxygen atoms in total. The lowest BCUT2D eigenvalue weighted by atomic mass is 10.2. The first kappa shape index (κ1) is 14.0. The predicted molar refractivity (Wildman–Crippen MR) is 78.7 cm³/mol. The van der Waals surface area contributed by atoms with Gasteiger partial charge in [-0.1, -0.05) is 12.1 Å². The van der Waals surface area contributed by atoms with Gasteiger partial charge < -0.3 is 15.7 Å². The van der Waals surface area contributed by atoms with Gasteiger partial charge in [0.1, 0.15) is 0 Å². The van der Waals surface area contributed by atoms with Crippen molar-refractivity contribution in [2.45, 2.75) is 13.5 Å². The number of benzene rings is 1. The van der Waals surface area contributed by atoms with Crippen LogP contribution in [-0.2, 0) is 6.61 Å². The molecule has 0 fully saturated rings. The SMILES string of the molecule is CCNc1cnccc1C(=O)Nc1ccc(CO)cc1. The Hall–Kier alpha value is -2.40. The van der Waals surface area contributed by atoms with Crippen molar-refractivity contribution in [2.24, 2.45) is 0 Å². The molecule has 0 unspecified atom stereocenters. The van der Waals surface area contributed by atoms with Crippen LogP contribution < -0.4 is 10.6 Å². The van der Waals surface area contributed by atoms with Gasteiger partial charge in [-0.05, 0) is 30.7 Å². The average molecular weight is 271 g/mol. The highest BCUT2D eigenvalue weighted by atomic mass is 16.3. The summed E-state index contributed by atoms with van der Waals surface area (Å²) in [6, 6.07) is 8.74. The maximum Gasteiger partial charge on any atom is 0.257 e.